The molecule has 1 aliphatic heterocycles. The molecule has 0 saturated carbocycles. The van der Waals surface area contributed by atoms with Crippen LogP contribution in [0.15, 0.2) is 53.1 Å². The van der Waals surface area contributed by atoms with E-state index in [9.17, 15) is 4.79 Å². The number of ether oxygens (including phenoxy) is 1. The maximum absolute atomic E-state index is 13.3. The zero-order valence-corrected chi connectivity index (χ0v) is 16.2. The lowest BCUT2D eigenvalue weighted by molar-refractivity contribution is 0.0634. The van der Waals surface area contributed by atoms with Gasteiger partial charge in [0.25, 0.3) is 5.91 Å². The Kier molecular flexibility index (Phi) is 5.16. The van der Waals surface area contributed by atoms with Gasteiger partial charge in [-0.05, 0) is 42.9 Å². The summed E-state index contributed by atoms with van der Waals surface area (Å²) in [4.78, 5) is 17.5. The largest absolute Gasteiger partial charge is 0.497 e. The van der Waals surface area contributed by atoms with E-state index in [2.05, 4.69) is 16.9 Å². The van der Waals surface area contributed by atoms with Gasteiger partial charge in [0.2, 0.25) is 0 Å². The van der Waals surface area contributed by atoms with Crippen LogP contribution >= 0.6 is 0 Å². The molecule has 28 heavy (non-hydrogen) atoms. The number of carbonyl (C=O) groups excluding carboxylic acids is 1. The summed E-state index contributed by atoms with van der Waals surface area (Å²) in [6.07, 6.45) is 1.60. The summed E-state index contributed by atoms with van der Waals surface area (Å²) in [5, 5.41) is 4.65. The lowest BCUT2D eigenvalue weighted by Crippen LogP contribution is -2.48. The first kappa shape index (κ1) is 18.3. The number of aromatic nitrogens is 2. The SMILES string of the molecule is CCN1CCN(C(=O)c2cc(-c3ccco3)nn2-c2ccc(OC)cc2)CC1. The van der Waals surface area contributed by atoms with Gasteiger partial charge in [0.1, 0.15) is 17.1 Å². The number of amides is 1. The summed E-state index contributed by atoms with van der Waals surface area (Å²) >= 11 is 0. The molecule has 4 rings (SSSR count). The van der Waals surface area contributed by atoms with Crippen molar-refractivity contribution in [2.45, 2.75) is 6.92 Å². The molecular formula is C21H24N4O3. The Bertz CT molecular complexity index is 923. The Morgan fingerprint density at radius 2 is 1.89 bits per heavy atom. The molecule has 3 heterocycles. The van der Waals surface area contributed by atoms with Crippen molar-refractivity contribution in [1.29, 1.82) is 0 Å². The van der Waals surface area contributed by atoms with Crippen LogP contribution in [-0.2, 0) is 0 Å². The second kappa shape index (κ2) is 7.90. The zero-order valence-electron chi connectivity index (χ0n) is 16.2. The van der Waals surface area contributed by atoms with E-state index in [1.54, 1.807) is 24.1 Å². The first-order valence-electron chi connectivity index (χ1n) is 9.49. The highest BCUT2D eigenvalue weighted by atomic mass is 16.5. The highest BCUT2D eigenvalue weighted by molar-refractivity contribution is 5.94. The lowest BCUT2D eigenvalue weighted by Gasteiger charge is -2.34. The van der Waals surface area contributed by atoms with Crippen molar-refractivity contribution in [3.63, 3.8) is 0 Å². The third kappa shape index (κ3) is 3.53. The molecule has 0 aliphatic carbocycles. The van der Waals surface area contributed by atoms with Crippen molar-refractivity contribution >= 4 is 5.91 Å². The molecule has 0 atom stereocenters. The summed E-state index contributed by atoms with van der Waals surface area (Å²) in [7, 11) is 1.63. The van der Waals surface area contributed by atoms with Crippen LogP contribution < -0.4 is 4.74 Å². The van der Waals surface area contributed by atoms with Crippen LogP contribution in [0.2, 0.25) is 0 Å². The Morgan fingerprint density at radius 3 is 2.50 bits per heavy atom. The number of hydrogen-bond donors (Lipinski definition) is 0. The van der Waals surface area contributed by atoms with Gasteiger partial charge in [-0.1, -0.05) is 6.92 Å². The number of hydrogen-bond acceptors (Lipinski definition) is 5. The number of piperazine rings is 1. The van der Waals surface area contributed by atoms with Gasteiger partial charge in [0, 0.05) is 32.2 Å². The van der Waals surface area contributed by atoms with E-state index >= 15 is 0 Å². The van der Waals surface area contributed by atoms with Crippen molar-refractivity contribution in [3.8, 4) is 22.9 Å². The first-order valence-corrected chi connectivity index (χ1v) is 9.49. The average Bonchev–Trinajstić information content (AvgIpc) is 3.43. The molecule has 1 amide bonds. The minimum atomic E-state index is -0.0168. The molecule has 1 aliphatic rings. The van der Waals surface area contributed by atoms with Gasteiger partial charge >= 0.3 is 0 Å². The number of rotatable bonds is 5. The van der Waals surface area contributed by atoms with E-state index in [0.717, 1.165) is 44.2 Å². The van der Waals surface area contributed by atoms with Gasteiger partial charge in [-0.25, -0.2) is 4.68 Å². The molecule has 7 nitrogen and oxygen atoms in total. The fourth-order valence-electron chi connectivity index (χ4n) is 3.43. The van der Waals surface area contributed by atoms with Gasteiger partial charge in [-0.15, -0.1) is 0 Å². The van der Waals surface area contributed by atoms with Crippen LogP contribution in [0.3, 0.4) is 0 Å². The summed E-state index contributed by atoms with van der Waals surface area (Å²) in [5.74, 6) is 1.37. The minimum absolute atomic E-state index is 0.0168. The van der Waals surface area contributed by atoms with Crippen LogP contribution in [0.1, 0.15) is 17.4 Å². The topological polar surface area (TPSA) is 63.7 Å². The maximum Gasteiger partial charge on any atom is 0.272 e. The molecule has 0 radical (unpaired) electrons. The van der Waals surface area contributed by atoms with Crippen molar-refractivity contribution < 1.29 is 13.9 Å². The number of likely N-dealkylation sites (N-methyl/N-ethyl adjacent to an activating group) is 1. The molecule has 2 aromatic heterocycles. The highest BCUT2D eigenvalue weighted by Gasteiger charge is 2.26. The monoisotopic (exact) mass is 380 g/mol. The summed E-state index contributed by atoms with van der Waals surface area (Å²) in [5.41, 5.74) is 1.96. The van der Waals surface area contributed by atoms with Crippen LogP contribution in [0, 0.1) is 0 Å². The molecule has 1 saturated heterocycles. The summed E-state index contributed by atoms with van der Waals surface area (Å²) in [6.45, 7) is 6.38. The Morgan fingerprint density at radius 1 is 1.14 bits per heavy atom. The standard InChI is InChI=1S/C21H24N4O3/c1-3-23-10-12-24(13-11-23)21(26)19-15-18(20-5-4-14-28-20)22-25(19)16-6-8-17(27-2)9-7-16/h4-9,14-15H,3,10-13H2,1-2H3. The highest BCUT2D eigenvalue weighted by Crippen LogP contribution is 2.24. The molecule has 1 aromatic carbocycles. The number of nitrogens with zero attached hydrogens (tertiary/aromatic N) is 4. The van der Waals surface area contributed by atoms with E-state index in [0.29, 0.717) is 17.1 Å². The van der Waals surface area contributed by atoms with E-state index in [1.807, 2.05) is 41.3 Å². The fraction of sp³-hybridized carbons (Fsp3) is 0.333. The van der Waals surface area contributed by atoms with Gasteiger partial charge in [-0.3, -0.25) is 4.79 Å². The molecular weight excluding hydrogens is 356 g/mol. The van der Waals surface area contributed by atoms with Crippen LogP contribution in [0.4, 0.5) is 0 Å². The van der Waals surface area contributed by atoms with Crippen molar-refractivity contribution in [3.05, 3.63) is 54.4 Å². The van der Waals surface area contributed by atoms with Crippen LogP contribution in [0.5, 0.6) is 5.75 Å². The molecule has 146 valence electrons. The van der Waals surface area contributed by atoms with E-state index in [-0.39, 0.29) is 5.91 Å². The lowest BCUT2D eigenvalue weighted by atomic mass is 10.2. The molecule has 3 aromatic rings. The fourth-order valence-corrected chi connectivity index (χ4v) is 3.43. The summed E-state index contributed by atoms with van der Waals surface area (Å²) in [6, 6.07) is 13.0. The second-order valence-electron chi connectivity index (χ2n) is 6.73. The number of carbonyl (C=O) groups is 1. The normalized spacial score (nSPS) is 15.0. The third-order valence-electron chi connectivity index (χ3n) is 5.13. The summed E-state index contributed by atoms with van der Waals surface area (Å²) < 4.78 is 12.4. The third-order valence-corrected chi connectivity index (χ3v) is 5.13. The molecule has 0 spiro atoms. The number of benzene rings is 1. The van der Waals surface area contributed by atoms with E-state index < -0.39 is 0 Å². The molecule has 7 heteroatoms. The average molecular weight is 380 g/mol. The molecule has 0 unspecified atom stereocenters. The van der Waals surface area contributed by atoms with Gasteiger partial charge in [0.05, 0.1) is 19.1 Å². The maximum atomic E-state index is 13.3. The van der Waals surface area contributed by atoms with Crippen LogP contribution in [-0.4, -0.2) is 65.3 Å². The first-order chi connectivity index (χ1) is 13.7. The van der Waals surface area contributed by atoms with Crippen molar-refractivity contribution in [2.75, 3.05) is 39.8 Å². The second-order valence-corrected chi connectivity index (χ2v) is 6.73. The van der Waals surface area contributed by atoms with E-state index in [4.69, 9.17) is 9.15 Å². The Balaban J connectivity index is 1.69. The van der Waals surface area contributed by atoms with Gasteiger partial charge < -0.3 is 19.0 Å². The molecule has 1 fully saturated rings. The van der Waals surface area contributed by atoms with Crippen LogP contribution in [0.25, 0.3) is 17.1 Å². The van der Waals surface area contributed by atoms with Crippen molar-refractivity contribution in [1.82, 2.24) is 19.6 Å². The molecule has 0 bridgehead atoms. The Labute approximate surface area is 164 Å². The molecule has 0 N–H and O–H groups in total. The number of methoxy groups -OCH3 is 1. The van der Waals surface area contributed by atoms with Gasteiger partial charge in [-0.2, -0.15) is 5.10 Å². The Hall–Kier alpha value is -3.06. The predicted molar refractivity (Wildman–Crippen MR) is 106 cm³/mol. The smallest absolute Gasteiger partial charge is 0.272 e. The minimum Gasteiger partial charge on any atom is -0.497 e. The predicted octanol–water partition coefficient (Wildman–Crippen LogP) is 2.92. The van der Waals surface area contributed by atoms with Crippen molar-refractivity contribution in [2.24, 2.45) is 0 Å². The van der Waals surface area contributed by atoms with E-state index in [1.165, 1.54) is 0 Å². The zero-order chi connectivity index (χ0) is 19.5. The number of furan rings is 1. The quantitative estimate of drug-likeness (QED) is 0.681. The van der Waals surface area contributed by atoms with Gasteiger partial charge in [0.15, 0.2) is 5.76 Å².